The standard InChI is InChI=1S/C16H23N3/c1-12(2)10-14-4-6-15(7-5-14)13(3)19-11-16-17-8-9-18-16/h4-9,12-13,19H,10-11H2,1-3H3,(H,17,18). The number of rotatable bonds is 6. The molecule has 0 spiro atoms. The summed E-state index contributed by atoms with van der Waals surface area (Å²) in [4.78, 5) is 7.31. The van der Waals surface area contributed by atoms with Crippen LogP contribution in [0, 0.1) is 5.92 Å². The molecule has 0 saturated carbocycles. The summed E-state index contributed by atoms with van der Waals surface area (Å²) in [6.45, 7) is 7.45. The number of H-pyrrole nitrogens is 1. The van der Waals surface area contributed by atoms with E-state index in [1.54, 1.807) is 6.20 Å². The van der Waals surface area contributed by atoms with E-state index in [1.807, 2.05) is 6.20 Å². The molecule has 1 heterocycles. The van der Waals surface area contributed by atoms with E-state index >= 15 is 0 Å². The van der Waals surface area contributed by atoms with E-state index in [9.17, 15) is 0 Å². The fraction of sp³-hybridized carbons (Fsp3) is 0.438. The van der Waals surface area contributed by atoms with Crippen molar-refractivity contribution in [1.82, 2.24) is 15.3 Å². The number of nitrogens with zero attached hydrogens (tertiary/aromatic N) is 1. The highest BCUT2D eigenvalue weighted by atomic mass is 15.0. The molecule has 1 aromatic carbocycles. The molecule has 0 saturated heterocycles. The smallest absolute Gasteiger partial charge is 0.120 e. The molecule has 0 amide bonds. The molecule has 0 bridgehead atoms. The van der Waals surface area contributed by atoms with Crippen molar-refractivity contribution < 1.29 is 0 Å². The summed E-state index contributed by atoms with van der Waals surface area (Å²) in [6.07, 6.45) is 4.78. The highest BCUT2D eigenvalue weighted by Gasteiger charge is 2.06. The van der Waals surface area contributed by atoms with E-state index in [0.29, 0.717) is 12.0 Å². The maximum atomic E-state index is 4.21. The maximum absolute atomic E-state index is 4.21. The van der Waals surface area contributed by atoms with Gasteiger partial charge in [-0.2, -0.15) is 0 Å². The average Bonchev–Trinajstić information content (AvgIpc) is 2.89. The van der Waals surface area contributed by atoms with Crippen LogP contribution in [0.2, 0.25) is 0 Å². The lowest BCUT2D eigenvalue weighted by molar-refractivity contribution is 0.561. The Labute approximate surface area is 115 Å². The van der Waals surface area contributed by atoms with Crippen molar-refractivity contribution in [3.05, 3.63) is 53.6 Å². The first kappa shape index (κ1) is 13.8. The minimum Gasteiger partial charge on any atom is -0.348 e. The van der Waals surface area contributed by atoms with E-state index in [4.69, 9.17) is 0 Å². The monoisotopic (exact) mass is 257 g/mol. The van der Waals surface area contributed by atoms with Gasteiger partial charge in [-0.15, -0.1) is 0 Å². The predicted octanol–water partition coefficient (Wildman–Crippen LogP) is 3.46. The lowest BCUT2D eigenvalue weighted by Gasteiger charge is -2.14. The van der Waals surface area contributed by atoms with Gasteiger partial charge in [-0.25, -0.2) is 4.98 Å². The molecule has 0 fully saturated rings. The van der Waals surface area contributed by atoms with Crippen LogP contribution in [0.4, 0.5) is 0 Å². The molecule has 3 nitrogen and oxygen atoms in total. The van der Waals surface area contributed by atoms with E-state index in [0.717, 1.165) is 18.8 Å². The number of hydrogen-bond acceptors (Lipinski definition) is 2. The van der Waals surface area contributed by atoms with Gasteiger partial charge in [-0.3, -0.25) is 0 Å². The molecule has 3 heteroatoms. The van der Waals surface area contributed by atoms with Gasteiger partial charge in [0.05, 0.1) is 6.54 Å². The van der Waals surface area contributed by atoms with Gasteiger partial charge in [0.1, 0.15) is 5.82 Å². The highest BCUT2D eigenvalue weighted by Crippen LogP contribution is 2.15. The van der Waals surface area contributed by atoms with Gasteiger partial charge >= 0.3 is 0 Å². The molecule has 1 aromatic heterocycles. The molecule has 0 aliphatic carbocycles. The lowest BCUT2D eigenvalue weighted by Crippen LogP contribution is -2.18. The Kier molecular flexibility index (Phi) is 4.74. The van der Waals surface area contributed by atoms with Gasteiger partial charge in [0.2, 0.25) is 0 Å². The number of aromatic amines is 1. The van der Waals surface area contributed by atoms with Crippen molar-refractivity contribution in [3.63, 3.8) is 0 Å². The zero-order chi connectivity index (χ0) is 13.7. The van der Waals surface area contributed by atoms with Crippen molar-refractivity contribution in [3.8, 4) is 0 Å². The van der Waals surface area contributed by atoms with Crippen LogP contribution >= 0.6 is 0 Å². The van der Waals surface area contributed by atoms with Crippen LogP contribution in [0.25, 0.3) is 0 Å². The van der Waals surface area contributed by atoms with E-state index in [-0.39, 0.29) is 0 Å². The van der Waals surface area contributed by atoms with Crippen molar-refractivity contribution >= 4 is 0 Å². The second-order valence-electron chi connectivity index (χ2n) is 5.48. The van der Waals surface area contributed by atoms with Gasteiger partial charge in [-0.05, 0) is 30.4 Å². The topological polar surface area (TPSA) is 40.7 Å². The summed E-state index contributed by atoms with van der Waals surface area (Å²) in [7, 11) is 0. The molecule has 1 unspecified atom stereocenters. The summed E-state index contributed by atoms with van der Waals surface area (Å²) in [6, 6.07) is 9.24. The highest BCUT2D eigenvalue weighted by molar-refractivity contribution is 5.25. The van der Waals surface area contributed by atoms with Crippen LogP contribution < -0.4 is 5.32 Å². The first-order valence-corrected chi connectivity index (χ1v) is 6.95. The number of hydrogen-bond donors (Lipinski definition) is 2. The predicted molar refractivity (Wildman–Crippen MR) is 78.8 cm³/mol. The number of benzene rings is 1. The Balaban J connectivity index is 1.90. The normalized spacial score (nSPS) is 12.8. The minimum absolute atomic E-state index is 0.332. The Morgan fingerprint density at radius 1 is 1.16 bits per heavy atom. The fourth-order valence-electron chi connectivity index (χ4n) is 2.18. The third-order valence-corrected chi connectivity index (χ3v) is 3.25. The fourth-order valence-corrected chi connectivity index (χ4v) is 2.18. The van der Waals surface area contributed by atoms with E-state index < -0.39 is 0 Å². The van der Waals surface area contributed by atoms with Crippen molar-refractivity contribution in [2.45, 2.75) is 39.8 Å². The van der Waals surface area contributed by atoms with Crippen molar-refractivity contribution in [2.24, 2.45) is 5.92 Å². The quantitative estimate of drug-likeness (QED) is 0.832. The summed E-state index contributed by atoms with van der Waals surface area (Å²) in [5, 5.41) is 3.47. The molecule has 2 N–H and O–H groups in total. The number of nitrogens with one attached hydrogen (secondary N) is 2. The molecule has 0 aliphatic heterocycles. The van der Waals surface area contributed by atoms with Gasteiger partial charge in [0.25, 0.3) is 0 Å². The second-order valence-corrected chi connectivity index (χ2v) is 5.48. The van der Waals surface area contributed by atoms with Gasteiger partial charge in [0, 0.05) is 18.4 Å². The Morgan fingerprint density at radius 3 is 2.47 bits per heavy atom. The van der Waals surface area contributed by atoms with E-state index in [1.165, 1.54) is 11.1 Å². The lowest BCUT2D eigenvalue weighted by atomic mass is 10.00. The Hall–Kier alpha value is -1.61. The second kappa shape index (κ2) is 6.53. The van der Waals surface area contributed by atoms with Gasteiger partial charge in [-0.1, -0.05) is 38.1 Å². The largest absolute Gasteiger partial charge is 0.348 e. The third-order valence-electron chi connectivity index (χ3n) is 3.25. The van der Waals surface area contributed by atoms with Crippen LogP contribution in [0.15, 0.2) is 36.7 Å². The van der Waals surface area contributed by atoms with Gasteiger partial charge in [0.15, 0.2) is 0 Å². The molecule has 1 atom stereocenters. The van der Waals surface area contributed by atoms with Crippen LogP contribution in [-0.2, 0) is 13.0 Å². The molecular formula is C16H23N3. The molecule has 102 valence electrons. The summed E-state index contributed by atoms with van der Waals surface area (Å²) in [5.74, 6) is 1.68. The van der Waals surface area contributed by atoms with Crippen molar-refractivity contribution in [1.29, 1.82) is 0 Å². The molecule has 2 rings (SSSR count). The van der Waals surface area contributed by atoms with Crippen LogP contribution in [0.5, 0.6) is 0 Å². The summed E-state index contributed by atoms with van der Waals surface area (Å²) in [5.41, 5.74) is 2.73. The Bertz CT molecular complexity index is 471. The molecular weight excluding hydrogens is 234 g/mol. The van der Waals surface area contributed by atoms with Crippen molar-refractivity contribution in [2.75, 3.05) is 0 Å². The van der Waals surface area contributed by atoms with Gasteiger partial charge < -0.3 is 10.3 Å². The zero-order valence-corrected chi connectivity index (χ0v) is 12.0. The van der Waals surface area contributed by atoms with Crippen LogP contribution in [-0.4, -0.2) is 9.97 Å². The average molecular weight is 257 g/mol. The minimum atomic E-state index is 0.332. The Morgan fingerprint density at radius 2 is 1.89 bits per heavy atom. The summed E-state index contributed by atoms with van der Waals surface area (Å²) >= 11 is 0. The number of aromatic nitrogens is 2. The number of imidazole rings is 1. The maximum Gasteiger partial charge on any atom is 0.120 e. The first-order valence-electron chi connectivity index (χ1n) is 6.95. The molecule has 0 aliphatic rings. The first-order chi connectivity index (χ1) is 9.15. The third kappa shape index (κ3) is 4.21. The van der Waals surface area contributed by atoms with Crippen LogP contribution in [0.1, 0.15) is 43.8 Å². The molecule has 2 aromatic rings. The van der Waals surface area contributed by atoms with Crippen LogP contribution in [0.3, 0.4) is 0 Å². The molecule has 0 radical (unpaired) electrons. The molecule has 19 heavy (non-hydrogen) atoms. The van der Waals surface area contributed by atoms with E-state index in [2.05, 4.69) is 60.3 Å². The zero-order valence-electron chi connectivity index (χ0n) is 12.0. The SMILES string of the molecule is CC(C)Cc1ccc(C(C)NCc2ncc[nH]2)cc1. The summed E-state index contributed by atoms with van der Waals surface area (Å²) < 4.78 is 0.